The number of halogens is 3. The van der Waals surface area contributed by atoms with Gasteiger partial charge < -0.3 is 10.4 Å². The van der Waals surface area contributed by atoms with Crippen LogP contribution in [-0.4, -0.2) is 23.0 Å². The van der Waals surface area contributed by atoms with Crippen molar-refractivity contribution in [1.29, 1.82) is 0 Å². The first-order valence-corrected chi connectivity index (χ1v) is 8.18. The molecule has 0 radical (unpaired) electrons. The Morgan fingerprint density at radius 1 is 1.13 bits per heavy atom. The number of carbonyl (C=O) groups excluding carboxylic acids is 1. The van der Waals surface area contributed by atoms with Gasteiger partial charge in [0.15, 0.2) is 0 Å². The second kappa shape index (κ2) is 7.70. The van der Waals surface area contributed by atoms with Gasteiger partial charge in [-0.3, -0.25) is 4.79 Å². The van der Waals surface area contributed by atoms with Gasteiger partial charge in [0, 0.05) is 20.9 Å². The van der Waals surface area contributed by atoms with Crippen LogP contribution in [0.15, 0.2) is 51.4 Å². The van der Waals surface area contributed by atoms with Crippen LogP contribution in [0.1, 0.15) is 15.9 Å². The number of amides is 1. The molecule has 0 saturated heterocycles. The summed E-state index contributed by atoms with van der Waals surface area (Å²) in [6.45, 7) is 0. The summed E-state index contributed by atoms with van der Waals surface area (Å²) < 4.78 is 15.0. The zero-order chi connectivity index (χ0) is 17.0. The Morgan fingerprint density at radius 2 is 1.74 bits per heavy atom. The van der Waals surface area contributed by atoms with E-state index in [0.717, 1.165) is 0 Å². The van der Waals surface area contributed by atoms with Crippen molar-refractivity contribution in [2.45, 2.75) is 12.5 Å². The van der Waals surface area contributed by atoms with Crippen LogP contribution in [0.3, 0.4) is 0 Å². The molecule has 23 heavy (non-hydrogen) atoms. The molecule has 0 fully saturated rings. The van der Waals surface area contributed by atoms with Crippen LogP contribution >= 0.6 is 31.9 Å². The quantitative estimate of drug-likeness (QED) is 0.737. The average molecular weight is 445 g/mol. The molecule has 0 spiro atoms. The number of nitrogens with one attached hydrogen (secondary N) is 1. The van der Waals surface area contributed by atoms with E-state index in [1.807, 2.05) is 0 Å². The van der Waals surface area contributed by atoms with E-state index in [9.17, 15) is 19.1 Å². The van der Waals surface area contributed by atoms with Crippen molar-refractivity contribution < 1.29 is 19.1 Å². The highest BCUT2D eigenvalue weighted by Gasteiger charge is 2.22. The molecule has 2 aromatic rings. The highest BCUT2D eigenvalue weighted by molar-refractivity contribution is 9.11. The van der Waals surface area contributed by atoms with E-state index in [2.05, 4.69) is 37.2 Å². The Kier molecular flexibility index (Phi) is 5.90. The molecule has 0 heterocycles. The third kappa shape index (κ3) is 4.87. The summed E-state index contributed by atoms with van der Waals surface area (Å²) in [4.78, 5) is 23.6. The van der Waals surface area contributed by atoms with Gasteiger partial charge >= 0.3 is 5.97 Å². The SMILES string of the molecule is O=C(N[C@H](Cc1ccccc1F)C(=O)O)c1cc(Br)cc(Br)c1. The maximum Gasteiger partial charge on any atom is 0.326 e. The molecule has 0 aliphatic heterocycles. The first-order chi connectivity index (χ1) is 10.9. The molecule has 2 aromatic carbocycles. The number of hydrogen-bond donors (Lipinski definition) is 2. The molecule has 2 N–H and O–H groups in total. The first-order valence-electron chi connectivity index (χ1n) is 6.60. The number of benzene rings is 2. The number of aliphatic carboxylic acids is 1. The molecule has 0 aliphatic rings. The lowest BCUT2D eigenvalue weighted by Crippen LogP contribution is -2.42. The first kappa shape index (κ1) is 17.6. The van der Waals surface area contributed by atoms with Crippen LogP contribution in [0.25, 0.3) is 0 Å². The second-order valence-corrected chi connectivity index (χ2v) is 6.65. The zero-order valence-electron chi connectivity index (χ0n) is 11.7. The monoisotopic (exact) mass is 443 g/mol. The van der Waals surface area contributed by atoms with E-state index in [4.69, 9.17) is 0 Å². The Hall–Kier alpha value is -1.73. The lowest BCUT2D eigenvalue weighted by molar-refractivity contribution is -0.139. The van der Waals surface area contributed by atoms with Crippen LogP contribution in [0.4, 0.5) is 4.39 Å². The van der Waals surface area contributed by atoms with Crippen molar-refractivity contribution in [3.05, 3.63) is 68.4 Å². The largest absolute Gasteiger partial charge is 0.480 e. The minimum atomic E-state index is -1.23. The summed E-state index contributed by atoms with van der Waals surface area (Å²) in [5, 5.41) is 11.7. The third-order valence-electron chi connectivity index (χ3n) is 3.11. The number of carbonyl (C=O) groups is 2. The number of carboxylic acids is 1. The Balaban J connectivity index is 2.18. The van der Waals surface area contributed by atoms with Crippen molar-refractivity contribution in [1.82, 2.24) is 5.32 Å². The fraction of sp³-hybridized carbons (Fsp3) is 0.125. The van der Waals surface area contributed by atoms with E-state index >= 15 is 0 Å². The van der Waals surface area contributed by atoms with Crippen LogP contribution in [0.2, 0.25) is 0 Å². The lowest BCUT2D eigenvalue weighted by atomic mass is 10.0. The Labute approximate surface area is 149 Å². The molecule has 1 atom stereocenters. The zero-order valence-corrected chi connectivity index (χ0v) is 14.9. The number of rotatable bonds is 5. The number of hydrogen-bond acceptors (Lipinski definition) is 2. The fourth-order valence-corrected chi connectivity index (χ4v) is 3.30. The molecule has 4 nitrogen and oxygen atoms in total. The predicted molar refractivity (Wildman–Crippen MR) is 90.8 cm³/mol. The third-order valence-corrected chi connectivity index (χ3v) is 4.03. The van der Waals surface area contributed by atoms with Crippen LogP contribution in [0, 0.1) is 5.82 Å². The van der Waals surface area contributed by atoms with E-state index in [0.29, 0.717) is 14.5 Å². The van der Waals surface area contributed by atoms with Gasteiger partial charge in [0.1, 0.15) is 11.9 Å². The minimum Gasteiger partial charge on any atom is -0.480 e. The summed E-state index contributed by atoms with van der Waals surface area (Å²) >= 11 is 6.53. The molecule has 0 aliphatic carbocycles. The second-order valence-electron chi connectivity index (χ2n) is 4.82. The van der Waals surface area contributed by atoms with Gasteiger partial charge in [-0.2, -0.15) is 0 Å². The fourth-order valence-electron chi connectivity index (χ4n) is 2.01. The minimum absolute atomic E-state index is 0.136. The number of carboxylic acid groups (broad SMARTS) is 1. The maximum absolute atomic E-state index is 13.7. The normalized spacial score (nSPS) is 11.8. The summed E-state index contributed by atoms with van der Waals surface area (Å²) in [6, 6.07) is 9.55. The van der Waals surface area contributed by atoms with Gasteiger partial charge in [0.25, 0.3) is 5.91 Å². The van der Waals surface area contributed by atoms with Gasteiger partial charge in [-0.15, -0.1) is 0 Å². The van der Waals surface area contributed by atoms with E-state index in [1.54, 1.807) is 24.3 Å². The van der Waals surface area contributed by atoms with Crippen molar-refractivity contribution in [2.75, 3.05) is 0 Å². The topological polar surface area (TPSA) is 66.4 Å². The summed E-state index contributed by atoms with van der Waals surface area (Å²) in [5.74, 6) is -2.27. The molecule has 0 bridgehead atoms. The molecule has 0 unspecified atom stereocenters. The van der Waals surface area contributed by atoms with E-state index in [-0.39, 0.29) is 12.0 Å². The predicted octanol–water partition coefficient (Wildman–Crippen LogP) is 3.78. The van der Waals surface area contributed by atoms with Crippen molar-refractivity contribution in [2.24, 2.45) is 0 Å². The Bertz CT molecular complexity index is 732. The molecule has 0 saturated carbocycles. The van der Waals surface area contributed by atoms with Gasteiger partial charge in [0.05, 0.1) is 0 Å². The summed E-state index contributed by atoms with van der Waals surface area (Å²) in [6.07, 6.45) is -0.136. The van der Waals surface area contributed by atoms with Crippen LogP contribution in [0.5, 0.6) is 0 Å². The Morgan fingerprint density at radius 3 is 2.30 bits per heavy atom. The molecular formula is C16H12Br2FNO3. The molecule has 0 aromatic heterocycles. The highest BCUT2D eigenvalue weighted by atomic mass is 79.9. The van der Waals surface area contributed by atoms with Gasteiger partial charge in [-0.25, -0.2) is 9.18 Å². The van der Waals surface area contributed by atoms with Crippen molar-refractivity contribution >= 4 is 43.7 Å². The molecule has 2 rings (SSSR count). The molecular weight excluding hydrogens is 433 g/mol. The molecule has 120 valence electrons. The molecule has 1 amide bonds. The summed E-state index contributed by atoms with van der Waals surface area (Å²) in [5.41, 5.74) is 0.529. The van der Waals surface area contributed by atoms with Gasteiger partial charge in [-0.1, -0.05) is 50.1 Å². The highest BCUT2D eigenvalue weighted by Crippen LogP contribution is 2.20. The average Bonchev–Trinajstić information content (AvgIpc) is 2.47. The standard InChI is InChI=1S/C16H12Br2FNO3/c17-11-5-10(6-12(18)8-11)15(21)20-14(16(22)23)7-9-3-1-2-4-13(9)19/h1-6,8,14H,7H2,(H,20,21)(H,22,23)/t14-/m1/s1. The van der Waals surface area contributed by atoms with Gasteiger partial charge in [-0.05, 0) is 29.8 Å². The van der Waals surface area contributed by atoms with Crippen molar-refractivity contribution in [3.8, 4) is 0 Å². The van der Waals surface area contributed by atoms with E-state index in [1.165, 1.54) is 18.2 Å². The summed E-state index contributed by atoms with van der Waals surface area (Å²) in [7, 11) is 0. The molecule has 7 heteroatoms. The van der Waals surface area contributed by atoms with Crippen LogP contribution < -0.4 is 5.32 Å². The van der Waals surface area contributed by atoms with Gasteiger partial charge in [0.2, 0.25) is 0 Å². The van der Waals surface area contributed by atoms with Crippen LogP contribution in [-0.2, 0) is 11.2 Å². The van der Waals surface area contributed by atoms with E-state index < -0.39 is 23.7 Å². The smallest absolute Gasteiger partial charge is 0.326 e. The maximum atomic E-state index is 13.7. The van der Waals surface area contributed by atoms with Crippen molar-refractivity contribution in [3.63, 3.8) is 0 Å². The lowest BCUT2D eigenvalue weighted by Gasteiger charge is -2.15.